The highest BCUT2D eigenvalue weighted by atomic mass is 16.4. The van der Waals surface area contributed by atoms with Gasteiger partial charge in [0.25, 0.3) is 0 Å². The van der Waals surface area contributed by atoms with Crippen LogP contribution in [0.15, 0.2) is 42.6 Å². The van der Waals surface area contributed by atoms with Crippen molar-refractivity contribution >= 4 is 17.7 Å². The molecule has 2 atom stereocenters. The molecule has 1 aromatic carbocycles. The van der Waals surface area contributed by atoms with E-state index >= 15 is 0 Å². The molecular formula is C19H24N4O3. The van der Waals surface area contributed by atoms with Crippen LogP contribution in [0.2, 0.25) is 0 Å². The van der Waals surface area contributed by atoms with E-state index in [2.05, 4.69) is 15.3 Å². The number of aliphatic hydroxyl groups excluding tert-OH is 1. The van der Waals surface area contributed by atoms with Gasteiger partial charge in [0.2, 0.25) is 5.95 Å². The number of nitrogens with zero attached hydrogens (tertiary/aromatic N) is 3. The van der Waals surface area contributed by atoms with Crippen molar-refractivity contribution in [1.29, 1.82) is 0 Å². The predicted octanol–water partition coefficient (Wildman–Crippen LogP) is 1.79. The Morgan fingerprint density at radius 2 is 2.12 bits per heavy atom. The van der Waals surface area contributed by atoms with Gasteiger partial charge in [0.1, 0.15) is 11.2 Å². The number of anilines is 2. The summed E-state index contributed by atoms with van der Waals surface area (Å²) in [7, 11) is 0. The lowest BCUT2D eigenvalue weighted by Gasteiger charge is -2.42. The summed E-state index contributed by atoms with van der Waals surface area (Å²) < 4.78 is 0. The average molecular weight is 356 g/mol. The predicted molar refractivity (Wildman–Crippen MR) is 99.2 cm³/mol. The normalized spacial score (nSPS) is 22.8. The van der Waals surface area contributed by atoms with Crippen molar-refractivity contribution < 1.29 is 15.0 Å². The van der Waals surface area contributed by atoms with Gasteiger partial charge in [-0.25, -0.2) is 4.98 Å². The van der Waals surface area contributed by atoms with E-state index in [0.29, 0.717) is 31.2 Å². The maximum Gasteiger partial charge on any atom is 0.312 e. The van der Waals surface area contributed by atoms with Crippen molar-refractivity contribution in [1.82, 2.24) is 9.97 Å². The van der Waals surface area contributed by atoms with E-state index in [4.69, 9.17) is 0 Å². The molecule has 1 aliphatic rings. The van der Waals surface area contributed by atoms with E-state index in [9.17, 15) is 15.0 Å². The number of β-amino-alcohol motifs (C(OH)–C–C–N with tert-alkyl or cyclic N) is 1. The zero-order valence-electron chi connectivity index (χ0n) is 14.8. The third kappa shape index (κ3) is 3.62. The molecular weight excluding hydrogens is 332 g/mol. The van der Waals surface area contributed by atoms with Crippen LogP contribution in [-0.2, 0) is 11.2 Å². The highest BCUT2D eigenvalue weighted by molar-refractivity contribution is 5.76. The molecule has 0 spiro atoms. The van der Waals surface area contributed by atoms with Crippen LogP contribution in [0.1, 0.15) is 18.9 Å². The van der Waals surface area contributed by atoms with Crippen LogP contribution in [0.5, 0.6) is 0 Å². The Balaban J connectivity index is 1.79. The van der Waals surface area contributed by atoms with Crippen molar-refractivity contribution in [3.05, 3.63) is 48.2 Å². The van der Waals surface area contributed by atoms with Gasteiger partial charge in [-0.2, -0.15) is 4.98 Å². The van der Waals surface area contributed by atoms with Gasteiger partial charge >= 0.3 is 5.97 Å². The van der Waals surface area contributed by atoms with Crippen LogP contribution in [0.3, 0.4) is 0 Å². The summed E-state index contributed by atoms with van der Waals surface area (Å²) in [4.78, 5) is 22.6. The number of carboxylic acids is 1. The second kappa shape index (κ2) is 7.70. The molecule has 7 nitrogen and oxygen atoms in total. The molecule has 0 unspecified atom stereocenters. The molecule has 7 heteroatoms. The molecule has 0 aliphatic carbocycles. The molecule has 0 saturated carbocycles. The number of hydrogen-bond donors (Lipinski definition) is 3. The summed E-state index contributed by atoms with van der Waals surface area (Å²) in [6.45, 7) is 3.40. The van der Waals surface area contributed by atoms with Crippen molar-refractivity contribution in [2.45, 2.75) is 25.9 Å². The molecule has 0 amide bonds. The van der Waals surface area contributed by atoms with E-state index in [1.807, 2.05) is 42.2 Å². The van der Waals surface area contributed by atoms with Crippen LogP contribution in [0.25, 0.3) is 0 Å². The van der Waals surface area contributed by atoms with E-state index in [0.717, 1.165) is 12.1 Å². The van der Waals surface area contributed by atoms with Crippen LogP contribution in [0, 0.1) is 5.41 Å². The zero-order valence-corrected chi connectivity index (χ0v) is 14.8. The number of piperidine rings is 1. The maximum atomic E-state index is 12.1. The van der Waals surface area contributed by atoms with Crippen LogP contribution in [0.4, 0.5) is 11.8 Å². The molecule has 1 aromatic heterocycles. The monoisotopic (exact) mass is 356 g/mol. The molecule has 26 heavy (non-hydrogen) atoms. The summed E-state index contributed by atoms with van der Waals surface area (Å²) in [5.41, 5.74) is -0.287. The first-order valence-electron chi connectivity index (χ1n) is 8.82. The molecule has 1 saturated heterocycles. The molecule has 2 aromatic rings. The lowest BCUT2D eigenvalue weighted by Crippen LogP contribution is -2.56. The van der Waals surface area contributed by atoms with E-state index in [-0.39, 0.29) is 6.54 Å². The minimum absolute atomic E-state index is 0.189. The van der Waals surface area contributed by atoms with Crippen LogP contribution in [-0.4, -0.2) is 51.9 Å². The first kappa shape index (κ1) is 18.1. The molecule has 0 bridgehead atoms. The summed E-state index contributed by atoms with van der Waals surface area (Å²) >= 11 is 0. The van der Waals surface area contributed by atoms with Crippen molar-refractivity contribution in [2.75, 3.05) is 29.9 Å². The van der Waals surface area contributed by atoms with Gasteiger partial charge in [-0.1, -0.05) is 30.3 Å². The number of aromatic nitrogens is 2. The van der Waals surface area contributed by atoms with Gasteiger partial charge in [0.05, 0.1) is 6.10 Å². The van der Waals surface area contributed by atoms with Crippen molar-refractivity contribution in [3.63, 3.8) is 0 Å². The largest absolute Gasteiger partial charge is 0.481 e. The number of aliphatic hydroxyl groups is 1. The maximum absolute atomic E-state index is 12.1. The highest BCUT2D eigenvalue weighted by Gasteiger charge is 2.49. The topological polar surface area (TPSA) is 98.6 Å². The summed E-state index contributed by atoms with van der Waals surface area (Å²) in [5, 5.41) is 23.8. The first-order valence-corrected chi connectivity index (χ1v) is 8.82. The lowest BCUT2D eigenvalue weighted by atomic mass is 9.72. The third-order valence-corrected chi connectivity index (χ3v) is 4.93. The number of carbonyl (C=O) groups is 1. The fraction of sp³-hybridized carbons (Fsp3) is 0.421. The standard InChI is InChI=1S/C19H24N4O3/c1-2-20-16-8-10-21-18(22-16)23-11-9-19(17(25)26,15(24)13-23)12-14-6-4-3-5-7-14/h3-8,10,15,24H,2,9,11-13H2,1H3,(H,25,26)(H,20,21,22)/t15-,19+/m0/s1. The number of benzene rings is 1. The van der Waals surface area contributed by atoms with Gasteiger partial charge < -0.3 is 20.4 Å². The zero-order chi connectivity index (χ0) is 18.6. The second-order valence-corrected chi connectivity index (χ2v) is 6.61. The molecule has 3 rings (SSSR count). The molecule has 2 heterocycles. The first-order chi connectivity index (χ1) is 12.5. The summed E-state index contributed by atoms with van der Waals surface area (Å²) in [6.07, 6.45) is 1.28. The average Bonchev–Trinajstić information content (AvgIpc) is 2.64. The Labute approximate surface area is 152 Å². The fourth-order valence-electron chi connectivity index (χ4n) is 3.43. The molecule has 1 aliphatic heterocycles. The Morgan fingerprint density at radius 1 is 1.35 bits per heavy atom. The van der Waals surface area contributed by atoms with E-state index < -0.39 is 17.5 Å². The lowest BCUT2D eigenvalue weighted by molar-refractivity contribution is -0.158. The van der Waals surface area contributed by atoms with E-state index in [1.165, 1.54) is 0 Å². The molecule has 0 radical (unpaired) electrons. The Kier molecular flexibility index (Phi) is 5.37. The minimum Gasteiger partial charge on any atom is -0.481 e. The van der Waals surface area contributed by atoms with Crippen LogP contribution >= 0.6 is 0 Å². The van der Waals surface area contributed by atoms with Gasteiger partial charge in [-0.05, 0) is 31.4 Å². The van der Waals surface area contributed by atoms with Gasteiger partial charge in [-0.3, -0.25) is 4.79 Å². The van der Waals surface area contributed by atoms with Crippen molar-refractivity contribution in [3.8, 4) is 0 Å². The van der Waals surface area contributed by atoms with Gasteiger partial charge in [0.15, 0.2) is 0 Å². The van der Waals surface area contributed by atoms with Crippen molar-refractivity contribution in [2.24, 2.45) is 5.41 Å². The Hall–Kier alpha value is -2.67. The SMILES string of the molecule is CCNc1ccnc(N2CC[C@](Cc3ccccc3)(C(=O)O)[C@@H](O)C2)n1. The van der Waals surface area contributed by atoms with Crippen LogP contribution < -0.4 is 10.2 Å². The van der Waals surface area contributed by atoms with Gasteiger partial charge in [0, 0.05) is 25.8 Å². The molecule has 3 N–H and O–H groups in total. The van der Waals surface area contributed by atoms with Gasteiger partial charge in [-0.15, -0.1) is 0 Å². The Morgan fingerprint density at radius 3 is 2.77 bits per heavy atom. The second-order valence-electron chi connectivity index (χ2n) is 6.61. The van der Waals surface area contributed by atoms with E-state index in [1.54, 1.807) is 12.3 Å². The fourth-order valence-corrected chi connectivity index (χ4v) is 3.43. The summed E-state index contributed by atoms with van der Waals surface area (Å²) in [6, 6.07) is 11.2. The summed E-state index contributed by atoms with van der Waals surface area (Å²) in [5.74, 6) is 0.253. The third-order valence-electron chi connectivity index (χ3n) is 4.93. The quantitative estimate of drug-likeness (QED) is 0.726. The number of hydrogen-bond acceptors (Lipinski definition) is 6. The molecule has 138 valence electrons. The number of rotatable bonds is 6. The smallest absolute Gasteiger partial charge is 0.312 e. The number of carboxylic acid groups (broad SMARTS) is 1. The minimum atomic E-state index is -1.20. The Bertz CT molecular complexity index is 755. The molecule has 1 fully saturated rings. The number of aliphatic carboxylic acids is 1. The number of nitrogens with one attached hydrogen (secondary N) is 1. The highest BCUT2D eigenvalue weighted by Crippen LogP contribution is 2.37.